The van der Waals surface area contributed by atoms with E-state index in [2.05, 4.69) is 33.3 Å². The summed E-state index contributed by atoms with van der Waals surface area (Å²) in [5.41, 5.74) is 5.75. The van der Waals surface area contributed by atoms with E-state index in [0.29, 0.717) is 12.0 Å². The van der Waals surface area contributed by atoms with Crippen LogP contribution in [0.3, 0.4) is 0 Å². The summed E-state index contributed by atoms with van der Waals surface area (Å²) in [7, 11) is 2.16. The molecule has 0 saturated carbocycles. The van der Waals surface area contributed by atoms with Crippen LogP contribution in [0.2, 0.25) is 0 Å². The van der Waals surface area contributed by atoms with E-state index in [1.165, 1.54) is 0 Å². The number of aromatic nitrogens is 2. The zero-order valence-corrected chi connectivity index (χ0v) is 11.2. The summed E-state index contributed by atoms with van der Waals surface area (Å²) in [6, 6.07) is 2.54. The number of nitrogens with zero attached hydrogens (tertiary/aromatic N) is 3. The first kappa shape index (κ1) is 11.7. The van der Waals surface area contributed by atoms with Gasteiger partial charge in [0.2, 0.25) is 5.95 Å². The van der Waals surface area contributed by atoms with Crippen molar-refractivity contribution < 1.29 is 0 Å². The van der Waals surface area contributed by atoms with Crippen LogP contribution in [0.4, 0.5) is 11.8 Å². The van der Waals surface area contributed by atoms with Gasteiger partial charge in [0.05, 0.1) is 5.39 Å². The first-order valence-electron chi connectivity index (χ1n) is 6.18. The lowest BCUT2D eigenvalue weighted by Gasteiger charge is -2.29. The largest absolute Gasteiger partial charge is 0.368 e. The zero-order chi connectivity index (χ0) is 12.5. The van der Waals surface area contributed by atoms with Crippen LogP contribution < -0.4 is 11.1 Å². The average molecular weight is 263 g/mol. The van der Waals surface area contributed by atoms with Gasteiger partial charge in [0, 0.05) is 6.04 Å². The van der Waals surface area contributed by atoms with Crippen molar-refractivity contribution >= 4 is 33.3 Å². The molecular formula is C12H17N5S. The predicted octanol–water partition coefficient (Wildman–Crippen LogP) is 1.78. The van der Waals surface area contributed by atoms with Crippen molar-refractivity contribution in [2.75, 3.05) is 31.2 Å². The lowest BCUT2D eigenvalue weighted by atomic mass is 10.1. The summed E-state index contributed by atoms with van der Waals surface area (Å²) in [6.45, 7) is 2.26. The number of fused-ring (bicyclic) bond motifs is 1. The molecule has 96 valence electrons. The van der Waals surface area contributed by atoms with Gasteiger partial charge in [0.1, 0.15) is 10.6 Å². The maximum absolute atomic E-state index is 5.75. The number of nitrogens with one attached hydrogen (secondary N) is 1. The van der Waals surface area contributed by atoms with Gasteiger partial charge >= 0.3 is 0 Å². The maximum atomic E-state index is 5.75. The quantitative estimate of drug-likeness (QED) is 0.864. The highest BCUT2D eigenvalue weighted by Gasteiger charge is 2.18. The minimum Gasteiger partial charge on any atom is -0.368 e. The van der Waals surface area contributed by atoms with Crippen molar-refractivity contribution in [1.82, 2.24) is 14.9 Å². The molecule has 0 unspecified atom stereocenters. The first-order valence-corrected chi connectivity index (χ1v) is 7.06. The lowest BCUT2D eigenvalue weighted by molar-refractivity contribution is 0.264. The number of nitrogen functional groups attached to an aromatic ring is 1. The Morgan fingerprint density at radius 2 is 2.17 bits per heavy atom. The van der Waals surface area contributed by atoms with Gasteiger partial charge in [0.25, 0.3) is 0 Å². The van der Waals surface area contributed by atoms with Gasteiger partial charge in [-0.1, -0.05) is 0 Å². The molecule has 2 aromatic rings. The summed E-state index contributed by atoms with van der Waals surface area (Å²) in [5, 5.41) is 6.62. The van der Waals surface area contributed by atoms with Crippen molar-refractivity contribution in [3.8, 4) is 0 Å². The van der Waals surface area contributed by atoms with Crippen LogP contribution in [-0.2, 0) is 0 Å². The topological polar surface area (TPSA) is 67.1 Å². The highest BCUT2D eigenvalue weighted by Crippen LogP contribution is 2.27. The van der Waals surface area contributed by atoms with Gasteiger partial charge in [-0.25, -0.2) is 4.98 Å². The molecule has 3 rings (SSSR count). The number of hydrogen-bond donors (Lipinski definition) is 2. The summed E-state index contributed by atoms with van der Waals surface area (Å²) in [6.07, 6.45) is 2.29. The van der Waals surface area contributed by atoms with E-state index in [1.807, 2.05) is 5.38 Å². The van der Waals surface area contributed by atoms with Gasteiger partial charge in [-0.15, -0.1) is 11.3 Å². The second kappa shape index (κ2) is 4.70. The summed E-state index contributed by atoms with van der Waals surface area (Å²) < 4.78 is 0. The molecule has 0 bridgehead atoms. The van der Waals surface area contributed by atoms with E-state index in [-0.39, 0.29) is 0 Å². The van der Waals surface area contributed by atoms with E-state index in [4.69, 9.17) is 5.73 Å². The lowest BCUT2D eigenvalue weighted by Crippen LogP contribution is -2.36. The fourth-order valence-corrected chi connectivity index (χ4v) is 3.10. The summed E-state index contributed by atoms with van der Waals surface area (Å²) in [4.78, 5) is 11.9. The fraction of sp³-hybridized carbons (Fsp3) is 0.500. The maximum Gasteiger partial charge on any atom is 0.223 e. The molecule has 0 atom stereocenters. The Balaban J connectivity index is 1.83. The van der Waals surface area contributed by atoms with Crippen molar-refractivity contribution in [1.29, 1.82) is 0 Å². The average Bonchev–Trinajstić information content (AvgIpc) is 2.80. The van der Waals surface area contributed by atoms with E-state index >= 15 is 0 Å². The molecule has 2 aromatic heterocycles. The smallest absolute Gasteiger partial charge is 0.223 e. The number of anilines is 2. The van der Waals surface area contributed by atoms with Crippen molar-refractivity contribution in [2.45, 2.75) is 18.9 Å². The molecule has 1 fully saturated rings. The molecule has 0 aliphatic carbocycles. The van der Waals surface area contributed by atoms with Gasteiger partial charge < -0.3 is 16.0 Å². The second-order valence-electron chi connectivity index (χ2n) is 4.79. The van der Waals surface area contributed by atoms with E-state index in [9.17, 15) is 0 Å². The van der Waals surface area contributed by atoms with Gasteiger partial charge in [-0.3, -0.25) is 0 Å². The molecule has 6 heteroatoms. The third kappa shape index (κ3) is 2.26. The minimum absolute atomic E-state index is 0.348. The van der Waals surface area contributed by atoms with Crippen LogP contribution in [0.15, 0.2) is 11.4 Å². The monoisotopic (exact) mass is 263 g/mol. The Morgan fingerprint density at radius 1 is 1.39 bits per heavy atom. The highest BCUT2D eigenvalue weighted by atomic mass is 32.1. The fourth-order valence-electron chi connectivity index (χ4n) is 2.33. The minimum atomic E-state index is 0.348. The molecule has 1 aliphatic heterocycles. The Morgan fingerprint density at radius 3 is 2.94 bits per heavy atom. The molecule has 0 radical (unpaired) electrons. The second-order valence-corrected chi connectivity index (χ2v) is 5.69. The van der Waals surface area contributed by atoms with Crippen LogP contribution in [0.25, 0.3) is 10.2 Å². The predicted molar refractivity (Wildman–Crippen MR) is 76.0 cm³/mol. The van der Waals surface area contributed by atoms with E-state index < -0.39 is 0 Å². The highest BCUT2D eigenvalue weighted by molar-refractivity contribution is 7.16. The van der Waals surface area contributed by atoms with E-state index in [0.717, 1.165) is 42.0 Å². The van der Waals surface area contributed by atoms with Gasteiger partial charge in [-0.2, -0.15) is 4.98 Å². The number of thiophene rings is 1. The molecule has 3 heterocycles. The Kier molecular flexibility index (Phi) is 3.05. The molecule has 0 spiro atoms. The van der Waals surface area contributed by atoms with Crippen LogP contribution in [0.5, 0.6) is 0 Å². The van der Waals surface area contributed by atoms with Gasteiger partial charge in [-0.05, 0) is 44.4 Å². The van der Waals surface area contributed by atoms with Crippen LogP contribution in [0.1, 0.15) is 12.8 Å². The van der Waals surface area contributed by atoms with Crippen molar-refractivity contribution in [2.24, 2.45) is 0 Å². The normalized spacial score (nSPS) is 18.3. The number of piperidine rings is 1. The first-order chi connectivity index (χ1) is 8.72. The molecular weight excluding hydrogens is 246 g/mol. The molecule has 1 saturated heterocycles. The molecule has 1 aliphatic rings. The number of rotatable bonds is 2. The molecule has 0 amide bonds. The van der Waals surface area contributed by atoms with Gasteiger partial charge in [0.15, 0.2) is 0 Å². The van der Waals surface area contributed by atoms with Crippen LogP contribution >= 0.6 is 11.3 Å². The Labute approximate surface area is 110 Å². The third-order valence-corrected chi connectivity index (χ3v) is 4.21. The molecule has 5 nitrogen and oxygen atoms in total. The standard InChI is InChI=1S/C12H17N5S/c1-17-5-2-8(3-6-17)14-10-9-4-7-18-11(9)16-12(13)15-10/h4,7-8H,2-3,5-6H2,1H3,(H3,13,14,15,16). The SMILES string of the molecule is CN1CCC(Nc2nc(N)nc3sccc23)CC1. The number of nitrogens with two attached hydrogens (primary N) is 1. The number of hydrogen-bond acceptors (Lipinski definition) is 6. The Bertz CT molecular complexity index is 544. The number of likely N-dealkylation sites (tertiary alicyclic amines) is 1. The van der Waals surface area contributed by atoms with E-state index in [1.54, 1.807) is 11.3 Å². The third-order valence-electron chi connectivity index (χ3n) is 3.40. The van der Waals surface area contributed by atoms with Crippen molar-refractivity contribution in [3.63, 3.8) is 0 Å². The van der Waals surface area contributed by atoms with Crippen molar-refractivity contribution in [3.05, 3.63) is 11.4 Å². The summed E-state index contributed by atoms with van der Waals surface area (Å²) >= 11 is 1.60. The molecule has 18 heavy (non-hydrogen) atoms. The Hall–Kier alpha value is -1.40. The van der Waals surface area contributed by atoms with Crippen LogP contribution in [-0.4, -0.2) is 41.0 Å². The molecule has 3 N–H and O–H groups in total. The molecule has 0 aromatic carbocycles. The zero-order valence-electron chi connectivity index (χ0n) is 10.4. The summed E-state index contributed by atoms with van der Waals surface area (Å²) in [5.74, 6) is 1.23. The van der Waals surface area contributed by atoms with Crippen LogP contribution in [0, 0.1) is 0 Å².